The normalized spacial score (nSPS) is 16.1. The van der Waals surface area contributed by atoms with Gasteiger partial charge in [0.15, 0.2) is 5.96 Å². The summed E-state index contributed by atoms with van der Waals surface area (Å²) in [4.78, 5) is 6.54. The Bertz CT molecular complexity index is 353. The molecule has 0 bridgehead atoms. The molecule has 2 N–H and O–H groups in total. The first kappa shape index (κ1) is 13.3. The number of hydrogen-bond acceptors (Lipinski definition) is 1. The zero-order chi connectivity index (χ0) is 10.7. The van der Waals surface area contributed by atoms with Crippen molar-refractivity contribution in [2.75, 3.05) is 13.1 Å². The van der Waals surface area contributed by atoms with Gasteiger partial charge in [-0.3, -0.25) is 0 Å². The molecule has 0 saturated carbocycles. The first-order chi connectivity index (χ1) is 7.25. The van der Waals surface area contributed by atoms with Crippen molar-refractivity contribution < 1.29 is 0 Å². The van der Waals surface area contributed by atoms with E-state index < -0.39 is 0 Å². The molecule has 1 aliphatic rings. The Hall–Kier alpha value is -0.780. The maximum atomic E-state index is 5.92. The first-order valence-corrected chi connectivity index (χ1v) is 5.41. The van der Waals surface area contributed by atoms with E-state index >= 15 is 0 Å². The third-order valence-electron chi connectivity index (χ3n) is 2.71. The summed E-state index contributed by atoms with van der Waals surface area (Å²) in [5.74, 6) is 0.649. The summed E-state index contributed by atoms with van der Waals surface area (Å²) in [7, 11) is 0. The minimum absolute atomic E-state index is 0. The Morgan fingerprint density at radius 2 is 1.75 bits per heavy atom. The molecule has 3 nitrogen and oxygen atoms in total. The minimum atomic E-state index is 0. The van der Waals surface area contributed by atoms with E-state index in [0.717, 1.165) is 18.8 Å². The average Bonchev–Trinajstić information content (AvgIpc) is 2.74. The molecule has 16 heavy (non-hydrogen) atoms. The Labute approximate surface area is 114 Å². The van der Waals surface area contributed by atoms with Crippen LogP contribution in [0.3, 0.4) is 0 Å². The van der Waals surface area contributed by atoms with Gasteiger partial charge in [0.1, 0.15) is 0 Å². The predicted octanol–water partition coefficient (Wildman–Crippen LogP) is 2.66. The number of guanidine groups is 1. The van der Waals surface area contributed by atoms with Gasteiger partial charge in [-0.1, -0.05) is 17.7 Å². The van der Waals surface area contributed by atoms with Crippen molar-refractivity contribution in [2.24, 2.45) is 10.7 Å². The lowest BCUT2D eigenvalue weighted by molar-refractivity contribution is 0.513. The van der Waals surface area contributed by atoms with Crippen LogP contribution in [0, 0.1) is 6.92 Å². The second-order valence-corrected chi connectivity index (χ2v) is 4.00. The molecule has 88 valence electrons. The van der Waals surface area contributed by atoms with Crippen molar-refractivity contribution in [3.8, 4) is 0 Å². The Morgan fingerprint density at radius 3 is 2.31 bits per heavy atom. The molecule has 0 amide bonds. The quantitative estimate of drug-likeness (QED) is 0.488. The fourth-order valence-electron chi connectivity index (χ4n) is 1.77. The number of nitrogens with zero attached hydrogens (tertiary/aromatic N) is 2. The van der Waals surface area contributed by atoms with Gasteiger partial charge in [0.25, 0.3) is 0 Å². The van der Waals surface area contributed by atoms with E-state index in [2.05, 4.69) is 28.9 Å². The van der Waals surface area contributed by atoms with Crippen molar-refractivity contribution in [1.29, 1.82) is 0 Å². The largest absolute Gasteiger partial charge is 0.369 e. The van der Waals surface area contributed by atoms with E-state index in [-0.39, 0.29) is 24.0 Å². The molecular weight excluding hydrogens is 313 g/mol. The molecule has 0 unspecified atom stereocenters. The maximum absolute atomic E-state index is 5.92. The Morgan fingerprint density at radius 1 is 1.19 bits per heavy atom. The number of likely N-dealkylation sites (tertiary alicyclic amines) is 1. The number of halogens is 1. The van der Waals surface area contributed by atoms with E-state index in [1.807, 2.05) is 12.1 Å². The second-order valence-electron chi connectivity index (χ2n) is 4.00. The van der Waals surface area contributed by atoms with E-state index in [1.165, 1.54) is 18.4 Å². The Balaban J connectivity index is 0.00000128. The van der Waals surface area contributed by atoms with Crippen LogP contribution in [-0.4, -0.2) is 23.9 Å². The standard InChI is InChI=1S/C12H17N3.HI/c1-10-4-6-11(7-5-10)14-12(13)15-8-2-3-9-15;/h4-7H,2-3,8-9H2,1H3,(H2,13,14);1H. The van der Waals surface area contributed by atoms with E-state index in [0.29, 0.717) is 5.96 Å². The van der Waals surface area contributed by atoms with Crippen LogP contribution in [0.2, 0.25) is 0 Å². The van der Waals surface area contributed by atoms with E-state index in [4.69, 9.17) is 5.73 Å². The van der Waals surface area contributed by atoms with Crippen LogP contribution in [0.1, 0.15) is 18.4 Å². The summed E-state index contributed by atoms with van der Waals surface area (Å²) in [5, 5.41) is 0. The van der Waals surface area contributed by atoms with Crippen molar-refractivity contribution in [3.05, 3.63) is 29.8 Å². The lowest BCUT2D eigenvalue weighted by Gasteiger charge is -2.15. The van der Waals surface area contributed by atoms with Crippen molar-refractivity contribution in [3.63, 3.8) is 0 Å². The number of nitrogens with two attached hydrogens (primary N) is 1. The second kappa shape index (κ2) is 6.08. The van der Waals surface area contributed by atoms with Crippen LogP contribution in [-0.2, 0) is 0 Å². The third kappa shape index (κ3) is 3.37. The molecule has 1 aromatic rings. The molecule has 1 aromatic carbocycles. The van der Waals surface area contributed by atoms with Gasteiger partial charge in [-0.2, -0.15) is 0 Å². The van der Waals surface area contributed by atoms with Crippen molar-refractivity contribution in [2.45, 2.75) is 19.8 Å². The van der Waals surface area contributed by atoms with Crippen LogP contribution < -0.4 is 5.73 Å². The summed E-state index contributed by atoms with van der Waals surface area (Å²) < 4.78 is 0. The number of hydrogen-bond donors (Lipinski definition) is 1. The summed E-state index contributed by atoms with van der Waals surface area (Å²) in [6, 6.07) is 8.10. The smallest absolute Gasteiger partial charge is 0.196 e. The van der Waals surface area contributed by atoms with Gasteiger partial charge < -0.3 is 10.6 Å². The van der Waals surface area contributed by atoms with Gasteiger partial charge >= 0.3 is 0 Å². The van der Waals surface area contributed by atoms with Crippen LogP contribution in [0.4, 0.5) is 5.69 Å². The van der Waals surface area contributed by atoms with Gasteiger partial charge in [0.05, 0.1) is 5.69 Å². The zero-order valence-corrected chi connectivity index (χ0v) is 11.8. The number of aryl methyl sites for hydroxylation is 1. The highest BCUT2D eigenvalue weighted by molar-refractivity contribution is 14.0. The topological polar surface area (TPSA) is 41.6 Å². The molecule has 1 saturated heterocycles. The molecule has 0 aliphatic carbocycles. The van der Waals surface area contributed by atoms with Gasteiger partial charge in [0.2, 0.25) is 0 Å². The van der Waals surface area contributed by atoms with Gasteiger partial charge in [-0.15, -0.1) is 24.0 Å². The highest BCUT2D eigenvalue weighted by Crippen LogP contribution is 2.14. The van der Waals surface area contributed by atoms with E-state index in [1.54, 1.807) is 0 Å². The molecule has 0 radical (unpaired) electrons. The lowest BCUT2D eigenvalue weighted by Crippen LogP contribution is -2.34. The fraction of sp³-hybridized carbons (Fsp3) is 0.417. The molecule has 0 spiro atoms. The zero-order valence-electron chi connectivity index (χ0n) is 9.52. The first-order valence-electron chi connectivity index (χ1n) is 5.41. The summed E-state index contributed by atoms with van der Waals surface area (Å²) in [5.41, 5.74) is 8.10. The molecule has 4 heteroatoms. The number of rotatable bonds is 1. The predicted molar refractivity (Wildman–Crippen MR) is 78.7 cm³/mol. The van der Waals surface area contributed by atoms with Crippen LogP contribution in [0.25, 0.3) is 0 Å². The van der Waals surface area contributed by atoms with Crippen LogP contribution >= 0.6 is 24.0 Å². The third-order valence-corrected chi connectivity index (χ3v) is 2.71. The van der Waals surface area contributed by atoms with E-state index in [9.17, 15) is 0 Å². The highest BCUT2D eigenvalue weighted by Gasteiger charge is 2.13. The molecule has 1 heterocycles. The summed E-state index contributed by atoms with van der Waals surface area (Å²) >= 11 is 0. The molecule has 2 rings (SSSR count). The molecular formula is C12H18IN3. The fourth-order valence-corrected chi connectivity index (χ4v) is 1.77. The number of aliphatic imine (C=N–C) groups is 1. The number of benzene rings is 1. The minimum Gasteiger partial charge on any atom is -0.369 e. The Kier molecular flexibility index (Phi) is 5.05. The summed E-state index contributed by atoms with van der Waals surface area (Å²) in [6.45, 7) is 4.15. The van der Waals surface area contributed by atoms with Gasteiger partial charge in [-0.25, -0.2) is 4.99 Å². The maximum Gasteiger partial charge on any atom is 0.196 e. The molecule has 1 fully saturated rings. The monoisotopic (exact) mass is 331 g/mol. The highest BCUT2D eigenvalue weighted by atomic mass is 127. The SMILES string of the molecule is Cc1ccc(N=C(N)N2CCCC2)cc1.I. The molecule has 0 atom stereocenters. The molecule has 0 aromatic heterocycles. The molecule has 1 aliphatic heterocycles. The van der Waals surface area contributed by atoms with Crippen molar-refractivity contribution in [1.82, 2.24) is 4.90 Å². The average molecular weight is 331 g/mol. The van der Waals surface area contributed by atoms with Crippen molar-refractivity contribution >= 4 is 35.6 Å². The van der Waals surface area contributed by atoms with Crippen LogP contribution in [0.5, 0.6) is 0 Å². The van der Waals surface area contributed by atoms with Gasteiger partial charge in [0, 0.05) is 13.1 Å². The summed E-state index contributed by atoms with van der Waals surface area (Å²) in [6.07, 6.45) is 2.45. The lowest BCUT2D eigenvalue weighted by atomic mass is 10.2. The van der Waals surface area contributed by atoms with Crippen LogP contribution in [0.15, 0.2) is 29.3 Å². The van der Waals surface area contributed by atoms with Gasteiger partial charge in [-0.05, 0) is 31.9 Å².